The van der Waals surface area contributed by atoms with Crippen LogP contribution < -0.4 is 0 Å². The Kier molecular flexibility index (Phi) is 4.52. The number of pyridine rings is 1. The molecule has 1 heterocycles. The van der Waals surface area contributed by atoms with Gasteiger partial charge in [-0.25, -0.2) is 4.98 Å². The molecule has 0 spiro atoms. The van der Waals surface area contributed by atoms with E-state index in [-0.39, 0.29) is 21.0 Å². The average Bonchev–Trinajstić information content (AvgIpc) is 2.20. The van der Waals surface area contributed by atoms with Crippen LogP contribution in [-0.2, 0) is 0 Å². The minimum absolute atomic E-state index is 0.134. The van der Waals surface area contributed by atoms with Gasteiger partial charge in [0.2, 0.25) is 0 Å². The molecule has 0 saturated heterocycles. The average molecular weight is 263 g/mol. The van der Waals surface area contributed by atoms with E-state index in [4.69, 9.17) is 11.6 Å². The predicted molar refractivity (Wildman–Crippen MR) is 62.9 cm³/mol. The third-order valence-electron chi connectivity index (χ3n) is 1.97. The van der Waals surface area contributed by atoms with E-state index in [1.165, 1.54) is 12.3 Å². The molecule has 0 radical (unpaired) electrons. The summed E-state index contributed by atoms with van der Waals surface area (Å²) in [5.41, 5.74) is -0.134. The summed E-state index contributed by atoms with van der Waals surface area (Å²) in [6.07, 6.45) is 0.785. The third kappa shape index (κ3) is 3.33. The van der Waals surface area contributed by atoms with Gasteiger partial charge in [0.15, 0.2) is 5.03 Å². The van der Waals surface area contributed by atoms with Crippen molar-refractivity contribution in [1.82, 2.24) is 4.98 Å². The van der Waals surface area contributed by atoms with E-state index < -0.39 is 11.0 Å². The van der Waals surface area contributed by atoms with Crippen molar-refractivity contribution in [2.45, 2.75) is 30.2 Å². The maximum absolute atomic E-state index is 10.8. The van der Waals surface area contributed by atoms with E-state index in [2.05, 4.69) is 4.98 Å². The van der Waals surface area contributed by atoms with Crippen LogP contribution in [0.1, 0.15) is 13.8 Å². The highest BCUT2D eigenvalue weighted by Crippen LogP contribution is 2.32. The van der Waals surface area contributed by atoms with E-state index in [1.54, 1.807) is 13.8 Å². The molecule has 0 aliphatic rings. The van der Waals surface area contributed by atoms with Gasteiger partial charge >= 0.3 is 5.69 Å². The molecule has 1 aromatic rings. The quantitative estimate of drug-likeness (QED) is 0.513. The Labute approximate surface area is 102 Å². The van der Waals surface area contributed by atoms with Gasteiger partial charge in [-0.15, -0.1) is 0 Å². The molecule has 5 nitrogen and oxygen atoms in total. The summed E-state index contributed by atoms with van der Waals surface area (Å²) < 4.78 is 0. The van der Waals surface area contributed by atoms with Crippen LogP contribution in [0.25, 0.3) is 0 Å². The zero-order chi connectivity index (χ0) is 12.3. The minimum atomic E-state index is -0.568. The lowest BCUT2D eigenvalue weighted by Crippen LogP contribution is -2.15. The summed E-state index contributed by atoms with van der Waals surface area (Å²) in [6.45, 7) is 3.40. The highest BCUT2D eigenvalue weighted by molar-refractivity contribution is 8.00. The zero-order valence-corrected chi connectivity index (χ0v) is 10.3. The molecule has 0 fully saturated rings. The highest BCUT2D eigenvalue weighted by Gasteiger charge is 2.20. The lowest BCUT2D eigenvalue weighted by molar-refractivity contribution is -0.388. The molecule has 0 aromatic carbocycles. The lowest BCUT2D eigenvalue weighted by atomic mass is 10.3. The monoisotopic (exact) mass is 262 g/mol. The van der Waals surface area contributed by atoms with Gasteiger partial charge in [-0.2, -0.15) is 0 Å². The van der Waals surface area contributed by atoms with E-state index in [1.807, 2.05) is 0 Å². The number of thioether (sulfide) groups is 1. The van der Waals surface area contributed by atoms with E-state index >= 15 is 0 Å². The van der Waals surface area contributed by atoms with Crippen molar-refractivity contribution >= 4 is 29.1 Å². The van der Waals surface area contributed by atoms with Gasteiger partial charge in [0, 0.05) is 17.5 Å². The summed E-state index contributed by atoms with van der Waals surface area (Å²) in [6, 6.07) is 1.26. The second-order valence-corrected chi connectivity index (χ2v) is 5.10. The molecule has 88 valence electrons. The molecule has 0 aliphatic carbocycles. The van der Waals surface area contributed by atoms with Crippen molar-refractivity contribution in [2.75, 3.05) is 0 Å². The Morgan fingerprint density at radius 3 is 2.75 bits per heavy atom. The van der Waals surface area contributed by atoms with E-state index in [0.29, 0.717) is 0 Å². The van der Waals surface area contributed by atoms with Gasteiger partial charge in [0.25, 0.3) is 0 Å². The van der Waals surface area contributed by atoms with Crippen molar-refractivity contribution in [2.24, 2.45) is 0 Å². The molecular weight excluding hydrogens is 252 g/mol. The lowest BCUT2D eigenvalue weighted by Gasteiger charge is -2.13. The standard InChI is InChI=1S/C9H11ClN2O3S/c1-5(13)6(2)16-9-8(12(14)15)3-7(10)4-11-9/h3-6,13H,1-2H3. The number of halogens is 1. The maximum Gasteiger partial charge on any atom is 0.302 e. The molecule has 0 bridgehead atoms. The van der Waals surface area contributed by atoms with E-state index in [9.17, 15) is 15.2 Å². The van der Waals surface area contributed by atoms with Gasteiger partial charge in [-0.3, -0.25) is 10.1 Å². The molecule has 7 heteroatoms. The molecule has 2 unspecified atom stereocenters. The fourth-order valence-corrected chi connectivity index (χ4v) is 1.98. The zero-order valence-electron chi connectivity index (χ0n) is 8.75. The summed E-state index contributed by atoms with van der Waals surface area (Å²) >= 11 is 6.79. The number of nitrogens with zero attached hydrogens (tertiary/aromatic N) is 2. The normalized spacial score (nSPS) is 14.5. The molecule has 0 saturated carbocycles. The summed E-state index contributed by atoms with van der Waals surface area (Å²) in [4.78, 5) is 14.1. The van der Waals surface area contributed by atoms with Crippen LogP contribution in [0.15, 0.2) is 17.3 Å². The number of aliphatic hydroxyl groups is 1. The van der Waals surface area contributed by atoms with Crippen molar-refractivity contribution in [1.29, 1.82) is 0 Å². The SMILES string of the molecule is CC(O)C(C)Sc1ncc(Cl)cc1[N+](=O)[O-]. The fraction of sp³-hybridized carbons (Fsp3) is 0.444. The Morgan fingerprint density at radius 2 is 2.25 bits per heavy atom. The van der Waals surface area contributed by atoms with Crippen molar-refractivity contribution in [3.8, 4) is 0 Å². The van der Waals surface area contributed by atoms with Crippen LogP contribution >= 0.6 is 23.4 Å². The van der Waals surface area contributed by atoms with Gasteiger partial charge in [0.05, 0.1) is 16.0 Å². The van der Waals surface area contributed by atoms with Gasteiger partial charge in [-0.1, -0.05) is 30.3 Å². The van der Waals surface area contributed by atoms with Gasteiger partial charge < -0.3 is 5.11 Å². The van der Waals surface area contributed by atoms with Crippen molar-refractivity contribution < 1.29 is 10.0 Å². The molecule has 1 N–H and O–H groups in total. The molecule has 0 aliphatic heterocycles. The Balaban J connectivity index is 2.99. The Hall–Kier alpha value is -0.850. The Bertz CT molecular complexity index is 400. The molecular formula is C9H11ClN2O3S. The second kappa shape index (κ2) is 5.47. The number of nitro groups is 1. The number of hydrogen-bond acceptors (Lipinski definition) is 5. The third-order valence-corrected chi connectivity index (χ3v) is 3.48. The number of aromatic nitrogens is 1. The largest absolute Gasteiger partial charge is 0.392 e. The van der Waals surface area contributed by atoms with Gasteiger partial charge in [-0.05, 0) is 6.92 Å². The van der Waals surface area contributed by atoms with Crippen LogP contribution in [0.2, 0.25) is 5.02 Å². The smallest absolute Gasteiger partial charge is 0.302 e. The Morgan fingerprint density at radius 1 is 1.62 bits per heavy atom. The first-order valence-corrected chi connectivity index (χ1v) is 5.82. The molecule has 2 atom stereocenters. The number of hydrogen-bond donors (Lipinski definition) is 1. The van der Waals surface area contributed by atoms with Gasteiger partial charge in [0.1, 0.15) is 0 Å². The van der Waals surface area contributed by atoms with Crippen LogP contribution in [-0.4, -0.2) is 26.4 Å². The summed E-state index contributed by atoms with van der Waals surface area (Å²) in [7, 11) is 0. The highest BCUT2D eigenvalue weighted by atomic mass is 35.5. The van der Waals surface area contributed by atoms with Crippen LogP contribution in [0.3, 0.4) is 0 Å². The van der Waals surface area contributed by atoms with Crippen LogP contribution in [0.4, 0.5) is 5.69 Å². The first-order valence-electron chi connectivity index (χ1n) is 4.56. The van der Waals surface area contributed by atoms with Crippen LogP contribution in [0, 0.1) is 10.1 Å². The topological polar surface area (TPSA) is 76.3 Å². The second-order valence-electron chi connectivity index (χ2n) is 3.30. The minimum Gasteiger partial charge on any atom is -0.392 e. The first kappa shape index (κ1) is 13.2. The number of aliphatic hydroxyl groups excluding tert-OH is 1. The summed E-state index contributed by atoms with van der Waals surface area (Å²) in [5.74, 6) is 0. The van der Waals surface area contributed by atoms with Crippen molar-refractivity contribution in [3.05, 3.63) is 27.4 Å². The van der Waals surface area contributed by atoms with E-state index in [0.717, 1.165) is 11.8 Å². The fourth-order valence-electron chi connectivity index (χ4n) is 0.912. The number of rotatable bonds is 4. The first-order chi connectivity index (χ1) is 7.41. The maximum atomic E-state index is 10.8. The molecule has 16 heavy (non-hydrogen) atoms. The summed E-state index contributed by atoms with van der Waals surface area (Å²) in [5, 5.41) is 20.4. The molecule has 0 amide bonds. The molecule has 1 rings (SSSR count). The molecule has 1 aromatic heterocycles. The van der Waals surface area contributed by atoms with Crippen molar-refractivity contribution in [3.63, 3.8) is 0 Å². The van der Waals surface area contributed by atoms with Crippen LogP contribution in [0.5, 0.6) is 0 Å². The predicted octanol–water partition coefficient (Wildman–Crippen LogP) is 2.50.